The summed E-state index contributed by atoms with van der Waals surface area (Å²) in [5.41, 5.74) is 10.6. The summed E-state index contributed by atoms with van der Waals surface area (Å²) in [5, 5.41) is 1.12. The Morgan fingerprint density at radius 2 is 1.67 bits per heavy atom. The third kappa shape index (κ3) is 4.93. The van der Waals surface area contributed by atoms with Gasteiger partial charge in [-0.2, -0.15) is 9.99 Å². The highest BCUT2D eigenvalue weighted by molar-refractivity contribution is 5.91. The van der Waals surface area contributed by atoms with E-state index in [4.69, 9.17) is 27.9 Å². The van der Waals surface area contributed by atoms with Gasteiger partial charge in [0.2, 0.25) is 0 Å². The summed E-state index contributed by atoms with van der Waals surface area (Å²) in [5.74, 6) is 10.9. The Balaban J connectivity index is 3.11. The predicted molar refractivity (Wildman–Crippen MR) is 88.9 cm³/mol. The second-order valence-corrected chi connectivity index (χ2v) is 5.09. The molecular weight excluding hydrogens is 316 g/mol. The number of urea groups is 2. The Labute approximate surface area is 139 Å². The fourth-order valence-corrected chi connectivity index (χ4v) is 1.88. The SMILES string of the molecule is CCCCCCOc1c(C)nc(N(N)C(N)=O)nc1N(N)C(N)=O. The number of amides is 4. The van der Waals surface area contributed by atoms with E-state index in [1.54, 1.807) is 6.92 Å². The van der Waals surface area contributed by atoms with Gasteiger partial charge in [-0.3, -0.25) is 0 Å². The van der Waals surface area contributed by atoms with Gasteiger partial charge in [0.15, 0.2) is 11.6 Å². The van der Waals surface area contributed by atoms with Gasteiger partial charge in [-0.05, 0) is 13.3 Å². The number of carbonyl (C=O) groups excluding carboxylic acids is 2. The minimum Gasteiger partial charge on any atom is -0.488 e. The lowest BCUT2D eigenvalue weighted by Crippen LogP contribution is -2.45. The molecule has 0 fully saturated rings. The van der Waals surface area contributed by atoms with Gasteiger partial charge in [0.1, 0.15) is 0 Å². The molecule has 0 aliphatic heterocycles. The fourth-order valence-electron chi connectivity index (χ4n) is 1.88. The molecule has 4 amide bonds. The average molecular weight is 340 g/mol. The van der Waals surface area contributed by atoms with Crippen molar-refractivity contribution in [3.63, 3.8) is 0 Å². The maximum atomic E-state index is 11.4. The molecule has 0 aliphatic rings. The molecule has 0 aliphatic carbocycles. The van der Waals surface area contributed by atoms with Crippen LogP contribution in [-0.2, 0) is 0 Å². The third-order valence-electron chi connectivity index (χ3n) is 3.17. The molecule has 0 saturated heterocycles. The normalized spacial score (nSPS) is 10.3. The summed E-state index contributed by atoms with van der Waals surface area (Å²) in [6.45, 7) is 4.09. The number of hydrazine groups is 2. The van der Waals surface area contributed by atoms with Crippen molar-refractivity contribution in [2.45, 2.75) is 39.5 Å². The maximum Gasteiger partial charge on any atom is 0.336 e. The van der Waals surface area contributed by atoms with Crippen LogP contribution in [-0.4, -0.2) is 28.6 Å². The number of anilines is 2. The van der Waals surface area contributed by atoms with E-state index in [-0.39, 0.29) is 17.5 Å². The van der Waals surface area contributed by atoms with Crippen LogP contribution in [0.1, 0.15) is 38.3 Å². The average Bonchev–Trinajstić information content (AvgIpc) is 2.53. The first-order valence-electron chi connectivity index (χ1n) is 7.49. The highest BCUT2D eigenvalue weighted by atomic mass is 16.5. The number of nitrogens with two attached hydrogens (primary N) is 4. The number of primary amides is 2. The molecule has 11 heteroatoms. The van der Waals surface area contributed by atoms with Crippen LogP contribution in [0.3, 0.4) is 0 Å². The summed E-state index contributed by atoms with van der Waals surface area (Å²) >= 11 is 0. The number of aromatic nitrogens is 2. The second-order valence-electron chi connectivity index (χ2n) is 5.09. The number of nitrogens with zero attached hydrogens (tertiary/aromatic N) is 4. The van der Waals surface area contributed by atoms with Gasteiger partial charge >= 0.3 is 12.1 Å². The van der Waals surface area contributed by atoms with E-state index < -0.39 is 12.1 Å². The first kappa shape index (κ1) is 19.4. The van der Waals surface area contributed by atoms with E-state index >= 15 is 0 Å². The lowest BCUT2D eigenvalue weighted by Gasteiger charge is -2.21. The third-order valence-corrected chi connectivity index (χ3v) is 3.17. The van der Waals surface area contributed by atoms with Crippen molar-refractivity contribution in [1.29, 1.82) is 0 Å². The molecule has 11 nitrogen and oxygen atoms in total. The fraction of sp³-hybridized carbons (Fsp3) is 0.538. The molecule has 0 radical (unpaired) electrons. The van der Waals surface area contributed by atoms with E-state index in [0.717, 1.165) is 25.7 Å². The Bertz CT molecular complexity index is 595. The van der Waals surface area contributed by atoms with Crippen LogP contribution in [0.25, 0.3) is 0 Å². The molecule has 8 N–H and O–H groups in total. The van der Waals surface area contributed by atoms with Gasteiger partial charge in [-0.15, -0.1) is 0 Å². The molecular formula is C13H24N8O3. The minimum absolute atomic E-state index is 0.0998. The van der Waals surface area contributed by atoms with Crippen molar-refractivity contribution >= 4 is 23.8 Å². The lowest BCUT2D eigenvalue weighted by molar-refractivity contribution is 0.253. The summed E-state index contributed by atoms with van der Waals surface area (Å²) in [7, 11) is 0. The Hall–Kier alpha value is -2.66. The van der Waals surface area contributed by atoms with Gasteiger partial charge in [0.05, 0.1) is 12.3 Å². The first-order chi connectivity index (χ1) is 11.3. The van der Waals surface area contributed by atoms with Crippen molar-refractivity contribution in [2.24, 2.45) is 23.2 Å². The van der Waals surface area contributed by atoms with E-state index in [2.05, 4.69) is 16.9 Å². The monoisotopic (exact) mass is 340 g/mol. The quantitative estimate of drug-likeness (QED) is 0.226. The van der Waals surface area contributed by atoms with Crippen molar-refractivity contribution in [2.75, 3.05) is 16.6 Å². The molecule has 0 spiro atoms. The molecule has 1 aromatic heterocycles. The number of ether oxygens (including phenoxy) is 1. The molecule has 1 heterocycles. The van der Waals surface area contributed by atoms with Gasteiger partial charge in [-0.25, -0.2) is 31.3 Å². The van der Waals surface area contributed by atoms with Crippen LogP contribution in [0.5, 0.6) is 5.75 Å². The van der Waals surface area contributed by atoms with Crippen molar-refractivity contribution in [3.05, 3.63) is 5.69 Å². The molecule has 0 unspecified atom stereocenters. The van der Waals surface area contributed by atoms with Crippen molar-refractivity contribution in [1.82, 2.24) is 9.97 Å². The number of rotatable bonds is 8. The first-order valence-corrected chi connectivity index (χ1v) is 7.49. The van der Waals surface area contributed by atoms with Crippen LogP contribution in [0.4, 0.5) is 21.4 Å². The minimum atomic E-state index is -0.976. The van der Waals surface area contributed by atoms with Crippen LogP contribution in [0, 0.1) is 6.92 Å². The standard InChI is InChI=1S/C13H24N8O3/c1-3-4-5-6-7-24-9-8(2)18-13(21(17)12(15)23)19-10(9)20(16)11(14)22/h3-7,16-17H2,1-2H3,(H2,14,22)(H2,15,23). The van der Waals surface area contributed by atoms with Crippen LogP contribution in [0.15, 0.2) is 0 Å². The lowest BCUT2D eigenvalue weighted by atomic mass is 10.2. The predicted octanol–water partition coefficient (Wildman–Crippen LogP) is 0.262. The number of unbranched alkanes of at least 4 members (excludes halogenated alkanes) is 3. The molecule has 0 saturated carbocycles. The number of hydrogen-bond acceptors (Lipinski definition) is 7. The summed E-state index contributed by atoms with van der Waals surface area (Å²) in [6, 6.07) is -1.94. The zero-order valence-electron chi connectivity index (χ0n) is 13.9. The Kier molecular flexibility index (Phi) is 7.14. The molecule has 0 bridgehead atoms. The zero-order valence-corrected chi connectivity index (χ0v) is 13.9. The van der Waals surface area contributed by atoms with E-state index in [1.165, 1.54) is 0 Å². The number of carbonyl (C=O) groups is 2. The molecule has 24 heavy (non-hydrogen) atoms. The van der Waals surface area contributed by atoms with E-state index in [1.807, 2.05) is 0 Å². The largest absolute Gasteiger partial charge is 0.488 e. The smallest absolute Gasteiger partial charge is 0.336 e. The van der Waals surface area contributed by atoms with Crippen LogP contribution >= 0.6 is 0 Å². The topological polar surface area (TPSA) is 180 Å². The Morgan fingerprint density at radius 3 is 2.21 bits per heavy atom. The van der Waals surface area contributed by atoms with Crippen molar-refractivity contribution in [3.8, 4) is 5.75 Å². The summed E-state index contributed by atoms with van der Waals surface area (Å²) in [6.07, 6.45) is 4.01. The molecule has 1 aromatic rings. The van der Waals surface area contributed by atoms with Gasteiger partial charge in [0, 0.05) is 0 Å². The van der Waals surface area contributed by atoms with Gasteiger partial charge < -0.3 is 16.2 Å². The summed E-state index contributed by atoms with van der Waals surface area (Å²) < 4.78 is 5.65. The maximum absolute atomic E-state index is 11.4. The van der Waals surface area contributed by atoms with E-state index in [0.29, 0.717) is 22.3 Å². The molecule has 0 atom stereocenters. The molecule has 0 aromatic carbocycles. The highest BCUT2D eigenvalue weighted by Crippen LogP contribution is 2.29. The zero-order chi connectivity index (χ0) is 18.3. The van der Waals surface area contributed by atoms with Crippen molar-refractivity contribution < 1.29 is 14.3 Å². The molecule has 134 valence electrons. The number of aryl methyl sites for hydroxylation is 1. The van der Waals surface area contributed by atoms with Gasteiger partial charge in [-0.1, -0.05) is 26.2 Å². The molecule has 1 rings (SSSR count). The van der Waals surface area contributed by atoms with E-state index in [9.17, 15) is 9.59 Å². The Morgan fingerprint density at radius 1 is 1.04 bits per heavy atom. The number of hydrogen-bond donors (Lipinski definition) is 4. The van der Waals surface area contributed by atoms with Crippen LogP contribution < -0.4 is 37.9 Å². The highest BCUT2D eigenvalue weighted by Gasteiger charge is 2.23. The summed E-state index contributed by atoms with van der Waals surface area (Å²) in [4.78, 5) is 30.5. The van der Waals surface area contributed by atoms with Crippen LogP contribution in [0.2, 0.25) is 0 Å². The second kappa shape index (κ2) is 8.84. The van der Waals surface area contributed by atoms with Gasteiger partial charge in [0.25, 0.3) is 5.95 Å².